The van der Waals surface area contributed by atoms with Crippen LogP contribution in [0, 0.1) is 5.41 Å². The molecule has 7 heteroatoms. The molecule has 1 N–H and O–H groups in total. The number of carbonyl (C=O) groups is 1. The van der Waals surface area contributed by atoms with Gasteiger partial charge >= 0.3 is 5.97 Å². The zero-order valence-electron chi connectivity index (χ0n) is 13.6. The molecule has 0 bridgehead atoms. The van der Waals surface area contributed by atoms with E-state index in [1.165, 1.54) is 36.4 Å². The van der Waals surface area contributed by atoms with E-state index in [0.29, 0.717) is 18.5 Å². The number of hydrogen-bond donors (Lipinski definition) is 1. The predicted molar refractivity (Wildman–Crippen MR) is 84.7 cm³/mol. The van der Waals surface area contributed by atoms with Crippen LogP contribution in [0.4, 0.5) is 0 Å². The summed E-state index contributed by atoms with van der Waals surface area (Å²) in [5.74, 6) is -1.11. The average Bonchev–Trinajstić information content (AvgIpc) is 2.45. The molecule has 6 nitrogen and oxygen atoms in total. The van der Waals surface area contributed by atoms with E-state index in [0.717, 1.165) is 17.1 Å². The van der Waals surface area contributed by atoms with Crippen molar-refractivity contribution in [2.45, 2.75) is 64.8 Å². The van der Waals surface area contributed by atoms with Crippen molar-refractivity contribution < 1.29 is 18.3 Å². The molecule has 2 aliphatic rings. The molecule has 2 rings (SSSR count). The predicted octanol–water partition coefficient (Wildman–Crippen LogP) is 2.07. The summed E-state index contributed by atoms with van der Waals surface area (Å²) in [6.45, 7) is 4.00. The smallest absolute Gasteiger partial charge is 0.318 e. The van der Waals surface area contributed by atoms with E-state index in [2.05, 4.69) is 0 Å². The first-order valence-electron chi connectivity index (χ1n) is 8.26. The summed E-state index contributed by atoms with van der Waals surface area (Å²) in [6.07, 6.45) is 8.04. The van der Waals surface area contributed by atoms with Gasteiger partial charge in [-0.3, -0.25) is 4.79 Å². The Morgan fingerprint density at radius 2 is 1.68 bits per heavy atom. The molecule has 1 aliphatic carbocycles. The topological polar surface area (TPSA) is 77.9 Å². The fourth-order valence-corrected chi connectivity index (χ4v) is 5.55. The molecule has 0 unspecified atom stereocenters. The van der Waals surface area contributed by atoms with Gasteiger partial charge in [0.25, 0.3) is 10.2 Å². The van der Waals surface area contributed by atoms with Gasteiger partial charge in [-0.15, -0.1) is 0 Å². The molecule has 0 radical (unpaired) electrons. The zero-order valence-corrected chi connectivity index (χ0v) is 14.4. The molecule has 2 fully saturated rings. The van der Waals surface area contributed by atoms with Crippen LogP contribution in [-0.2, 0) is 15.0 Å². The van der Waals surface area contributed by atoms with Gasteiger partial charge in [0.1, 0.15) is 6.54 Å². The van der Waals surface area contributed by atoms with Crippen molar-refractivity contribution in [3.05, 3.63) is 0 Å². The molecule has 0 aromatic heterocycles. The Morgan fingerprint density at radius 1 is 1.14 bits per heavy atom. The maximum absolute atomic E-state index is 12.7. The number of carboxylic acids is 1. The molecular weight excluding hydrogens is 304 g/mol. The van der Waals surface area contributed by atoms with E-state index in [1.54, 1.807) is 13.8 Å². The first-order valence-corrected chi connectivity index (χ1v) is 9.65. The van der Waals surface area contributed by atoms with E-state index in [1.807, 2.05) is 0 Å². The zero-order chi connectivity index (χ0) is 16.4. The monoisotopic (exact) mass is 332 g/mol. The second kappa shape index (κ2) is 6.84. The van der Waals surface area contributed by atoms with E-state index in [9.17, 15) is 13.2 Å². The summed E-state index contributed by atoms with van der Waals surface area (Å²) in [5.41, 5.74) is 0.333. The Labute approximate surface area is 133 Å². The van der Waals surface area contributed by atoms with Gasteiger partial charge in [-0.05, 0) is 44.9 Å². The third kappa shape index (κ3) is 3.81. The van der Waals surface area contributed by atoms with Crippen molar-refractivity contribution >= 4 is 16.2 Å². The Bertz CT molecular complexity index is 488. The van der Waals surface area contributed by atoms with Crippen LogP contribution in [0.5, 0.6) is 0 Å². The molecule has 128 valence electrons. The summed E-state index contributed by atoms with van der Waals surface area (Å²) >= 11 is 0. The number of aliphatic carboxylic acids is 1. The molecule has 1 spiro atoms. The van der Waals surface area contributed by atoms with Crippen LogP contribution in [0.25, 0.3) is 0 Å². The van der Waals surface area contributed by atoms with Crippen molar-refractivity contribution in [1.29, 1.82) is 0 Å². The standard InChI is InChI=1S/C15H28N2O4S/c1-13(2)17(12-14(18)19)22(20,21)16-10-8-15(9-11-16)6-4-3-5-7-15/h13H,3-12H2,1-2H3,(H,18,19). The summed E-state index contributed by atoms with van der Waals surface area (Å²) in [4.78, 5) is 11.0. The minimum atomic E-state index is -3.69. The van der Waals surface area contributed by atoms with Gasteiger partial charge in [-0.2, -0.15) is 17.0 Å². The lowest BCUT2D eigenvalue weighted by molar-refractivity contribution is -0.137. The molecule has 0 aromatic carbocycles. The lowest BCUT2D eigenvalue weighted by Crippen LogP contribution is -2.52. The molecule has 1 saturated heterocycles. The number of rotatable bonds is 5. The highest BCUT2D eigenvalue weighted by Gasteiger charge is 2.41. The normalized spacial score (nSPS) is 23.3. The first kappa shape index (κ1) is 17.7. The number of nitrogens with zero attached hydrogens (tertiary/aromatic N) is 2. The second-order valence-corrected chi connectivity index (χ2v) is 8.88. The van der Waals surface area contributed by atoms with Crippen LogP contribution in [0.15, 0.2) is 0 Å². The van der Waals surface area contributed by atoms with E-state index in [-0.39, 0.29) is 6.04 Å². The molecule has 0 aromatic rings. The van der Waals surface area contributed by atoms with Crippen molar-refractivity contribution in [2.75, 3.05) is 19.6 Å². The first-order chi connectivity index (χ1) is 10.3. The molecule has 1 heterocycles. The number of piperidine rings is 1. The van der Waals surface area contributed by atoms with Gasteiger partial charge in [-0.25, -0.2) is 0 Å². The molecule has 1 saturated carbocycles. The molecule has 0 amide bonds. The van der Waals surface area contributed by atoms with Gasteiger partial charge in [0.15, 0.2) is 0 Å². The van der Waals surface area contributed by atoms with Crippen molar-refractivity contribution in [3.63, 3.8) is 0 Å². The van der Waals surface area contributed by atoms with Gasteiger partial charge in [0.05, 0.1) is 0 Å². The van der Waals surface area contributed by atoms with Crippen LogP contribution >= 0.6 is 0 Å². The van der Waals surface area contributed by atoms with Crippen molar-refractivity contribution in [2.24, 2.45) is 5.41 Å². The number of hydrogen-bond acceptors (Lipinski definition) is 3. The highest BCUT2D eigenvalue weighted by molar-refractivity contribution is 7.86. The summed E-state index contributed by atoms with van der Waals surface area (Å²) in [5, 5.41) is 8.97. The number of carboxylic acid groups (broad SMARTS) is 1. The lowest BCUT2D eigenvalue weighted by Gasteiger charge is -2.44. The highest BCUT2D eigenvalue weighted by atomic mass is 32.2. The third-order valence-corrected chi connectivity index (χ3v) is 7.35. The van der Waals surface area contributed by atoms with Gasteiger partial charge in [0.2, 0.25) is 0 Å². The maximum atomic E-state index is 12.7. The SMILES string of the molecule is CC(C)N(CC(=O)O)S(=O)(=O)N1CCC2(CCCCC2)CC1. The van der Waals surface area contributed by atoms with Crippen molar-refractivity contribution in [1.82, 2.24) is 8.61 Å². The van der Waals surface area contributed by atoms with Gasteiger partial charge in [-0.1, -0.05) is 19.3 Å². The molecular formula is C15H28N2O4S. The minimum Gasteiger partial charge on any atom is -0.480 e. The molecule has 1 aliphatic heterocycles. The quantitative estimate of drug-likeness (QED) is 0.836. The summed E-state index contributed by atoms with van der Waals surface area (Å²) in [7, 11) is -3.69. The van der Waals surface area contributed by atoms with Crippen LogP contribution in [0.2, 0.25) is 0 Å². The van der Waals surface area contributed by atoms with Crippen LogP contribution in [0.3, 0.4) is 0 Å². The Morgan fingerprint density at radius 3 is 2.14 bits per heavy atom. The van der Waals surface area contributed by atoms with Crippen molar-refractivity contribution in [3.8, 4) is 0 Å². The Kier molecular flexibility index (Phi) is 5.50. The molecule has 22 heavy (non-hydrogen) atoms. The van der Waals surface area contributed by atoms with Gasteiger partial charge < -0.3 is 5.11 Å². The largest absolute Gasteiger partial charge is 0.480 e. The maximum Gasteiger partial charge on any atom is 0.318 e. The summed E-state index contributed by atoms with van der Waals surface area (Å²) in [6, 6.07) is -0.355. The van der Waals surface area contributed by atoms with Gasteiger partial charge in [0, 0.05) is 19.1 Å². The second-order valence-electron chi connectivity index (χ2n) is 7.00. The fourth-order valence-electron chi connectivity index (χ4n) is 3.81. The van der Waals surface area contributed by atoms with Crippen LogP contribution in [0.1, 0.15) is 58.8 Å². The summed E-state index contributed by atoms with van der Waals surface area (Å²) < 4.78 is 28.0. The van der Waals surface area contributed by atoms with E-state index >= 15 is 0 Å². The Balaban J connectivity index is 2.05. The Hall–Kier alpha value is -0.660. The molecule has 0 atom stereocenters. The van der Waals surface area contributed by atoms with Crippen LogP contribution in [-0.4, -0.2) is 53.8 Å². The van der Waals surface area contributed by atoms with E-state index < -0.39 is 22.7 Å². The minimum absolute atomic E-state index is 0.333. The van der Waals surface area contributed by atoms with Crippen LogP contribution < -0.4 is 0 Å². The third-order valence-electron chi connectivity index (χ3n) is 5.19. The van der Waals surface area contributed by atoms with E-state index in [4.69, 9.17) is 5.11 Å². The highest BCUT2D eigenvalue weighted by Crippen LogP contribution is 2.45. The fraction of sp³-hybridized carbons (Fsp3) is 0.933. The lowest BCUT2D eigenvalue weighted by atomic mass is 9.68. The average molecular weight is 332 g/mol.